The number of nitrogens with one attached hydrogen (secondary N) is 1. The van der Waals surface area contributed by atoms with Gasteiger partial charge in [0.2, 0.25) is 10.0 Å². The summed E-state index contributed by atoms with van der Waals surface area (Å²) in [5, 5.41) is 4.39. The minimum Gasteiger partial charge on any atom is -0.496 e. The molecular weight excluding hydrogens is 442 g/mol. The van der Waals surface area contributed by atoms with Crippen molar-refractivity contribution in [3.63, 3.8) is 0 Å². The van der Waals surface area contributed by atoms with Gasteiger partial charge in [-0.15, -0.1) is 0 Å². The molecule has 1 aromatic heterocycles. The van der Waals surface area contributed by atoms with Crippen molar-refractivity contribution in [1.82, 2.24) is 14.5 Å². The molecule has 0 unspecified atom stereocenters. The molecule has 0 radical (unpaired) electrons. The Balaban J connectivity index is 1.76. The number of sulfonamides is 1. The van der Waals surface area contributed by atoms with Gasteiger partial charge in [-0.05, 0) is 80.8 Å². The number of hydrogen-bond donors (Lipinski definition) is 1. The summed E-state index contributed by atoms with van der Waals surface area (Å²) in [5.41, 5.74) is 3.26. The van der Waals surface area contributed by atoms with Crippen molar-refractivity contribution in [2.75, 3.05) is 20.3 Å². The van der Waals surface area contributed by atoms with Gasteiger partial charge in [0.15, 0.2) is 0 Å². The first-order valence-electron chi connectivity index (χ1n) is 10.6. The molecule has 3 aromatic rings. The Morgan fingerprint density at radius 2 is 1.73 bits per heavy atom. The normalized spacial score (nSPS) is 11.4. The van der Waals surface area contributed by atoms with Crippen molar-refractivity contribution in [2.24, 2.45) is 0 Å². The lowest BCUT2D eigenvalue weighted by molar-refractivity contribution is 0.340. The largest absolute Gasteiger partial charge is 0.496 e. The number of rotatable bonds is 9. The second-order valence-corrected chi connectivity index (χ2v) is 9.35. The van der Waals surface area contributed by atoms with E-state index >= 15 is 0 Å². The van der Waals surface area contributed by atoms with Gasteiger partial charge in [-0.2, -0.15) is 5.10 Å². The Morgan fingerprint density at radius 3 is 2.36 bits per heavy atom. The van der Waals surface area contributed by atoms with Gasteiger partial charge in [0.1, 0.15) is 11.5 Å². The second-order valence-electron chi connectivity index (χ2n) is 7.61. The number of benzene rings is 2. The molecule has 1 N–H and O–H groups in total. The lowest BCUT2D eigenvalue weighted by atomic mass is 10.1. The third-order valence-electron chi connectivity index (χ3n) is 5.42. The zero-order valence-corrected chi connectivity index (χ0v) is 20.3. The van der Waals surface area contributed by atoms with Gasteiger partial charge in [-0.1, -0.05) is 0 Å². The molecule has 2 aromatic carbocycles. The van der Waals surface area contributed by atoms with E-state index in [0.717, 1.165) is 22.4 Å². The third kappa shape index (κ3) is 5.43. The molecule has 8 nitrogen and oxygen atoms in total. The predicted octanol–water partition coefficient (Wildman–Crippen LogP) is 3.22. The topological polar surface area (TPSA) is 99.5 Å². The second kappa shape index (κ2) is 10.2. The van der Waals surface area contributed by atoms with Crippen molar-refractivity contribution in [1.29, 1.82) is 0 Å². The van der Waals surface area contributed by atoms with Gasteiger partial charge in [0, 0.05) is 18.2 Å². The molecular formula is C24H29N3O5S. The average Bonchev–Trinajstić information content (AvgIpc) is 2.78. The number of nitrogens with zero attached hydrogens (tertiary/aromatic N) is 2. The predicted molar refractivity (Wildman–Crippen MR) is 127 cm³/mol. The summed E-state index contributed by atoms with van der Waals surface area (Å²) in [6.45, 7) is 7.99. The summed E-state index contributed by atoms with van der Waals surface area (Å²) >= 11 is 0. The Hall–Kier alpha value is -3.17. The number of methoxy groups -OCH3 is 1. The zero-order chi connectivity index (χ0) is 24.2. The molecule has 0 bridgehead atoms. The lowest BCUT2D eigenvalue weighted by Gasteiger charge is -2.16. The summed E-state index contributed by atoms with van der Waals surface area (Å²) < 4.78 is 40.5. The SMILES string of the molecule is CCOc1ccc(-c2ccc(=O)n(CCNS(=O)(=O)c3cc(C)c(OC)c(C)c3C)n2)cc1. The molecule has 0 atom stereocenters. The Kier molecular flexibility index (Phi) is 7.55. The van der Waals surface area contributed by atoms with Crippen LogP contribution in [0.1, 0.15) is 23.6 Å². The highest BCUT2D eigenvalue weighted by molar-refractivity contribution is 7.89. The molecule has 0 saturated heterocycles. The fourth-order valence-corrected chi connectivity index (χ4v) is 5.03. The first-order valence-corrected chi connectivity index (χ1v) is 12.1. The molecule has 0 aliphatic rings. The molecule has 0 aliphatic carbocycles. The highest BCUT2D eigenvalue weighted by atomic mass is 32.2. The van der Waals surface area contributed by atoms with Gasteiger partial charge in [-0.25, -0.2) is 17.8 Å². The molecule has 3 rings (SSSR count). The van der Waals surface area contributed by atoms with Crippen molar-refractivity contribution in [3.8, 4) is 22.8 Å². The Morgan fingerprint density at radius 1 is 1.03 bits per heavy atom. The van der Waals surface area contributed by atoms with Crippen LogP contribution in [0.4, 0.5) is 0 Å². The molecule has 0 fully saturated rings. The fraction of sp³-hybridized carbons (Fsp3) is 0.333. The molecule has 0 aliphatic heterocycles. The number of ether oxygens (including phenoxy) is 2. The molecule has 9 heteroatoms. The van der Waals surface area contributed by atoms with E-state index in [9.17, 15) is 13.2 Å². The van der Waals surface area contributed by atoms with Crippen LogP contribution in [0.25, 0.3) is 11.3 Å². The minimum atomic E-state index is -3.78. The zero-order valence-electron chi connectivity index (χ0n) is 19.5. The smallest absolute Gasteiger partial charge is 0.266 e. The maximum absolute atomic E-state index is 12.9. The average molecular weight is 472 g/mol. The molecule has 0 saturated carbocycles. The Bertz CT molecular complexity index is 1300. The number of aromatic nitrogens is 2. The number of hydrogen-bond acceptors (Lipinski definition) is 6. The van der Waals surface area contributed by atoms with Gasteiger partial charge < -0.3 is 9.47 Å². The minimum absolute atomic E-state index is 0.0194. The van der Waals surface area contributed by atoms with Crippen LogP contribution in [0, 0.1) is 20.8 Å². The van der Waals surface area contributed by atoms with Gasteiger partial charge in [-0.3, -0.25) is 4.79 Å². The summed E-state index contributed by atoms with van der Waals surface area (Å²) in [5.74, 6) is 1.43. The van der Waals surface area contributed by atoms with Gasteiger partial charge in [0.25, 0.3) is 5.56 Å². The van der Waals surface area contributed by atoms with E-state index in [0.29, 0.717) is 23.6 Å². The van der Waals surface area contributed by atoms with Crippen LogP contribution >= 0.6 is 0 Å². The van der Waals surface area contributed by atoms with Crippen LogP contribution in [-0.2, 0) is 16.6 Å². The Labute approximate surface area is 194 Å². The third-order valence-corrected chi connectivity index (χ3v) is 7.00. The van der Waals surface area contributed by atoms with Crippen LogP contribution < -0.4 is 19.8 Å². The summed E-state index contributed by atoms with van der Waals surface area (Å²) in [4.78, 5) is 12.5. The monoisotopic (exact) mass is 471 g/mol. The maximum atomic E-state index is 12.9. The van der Waals surface area contributed by atoms with Crippen molar-refractivity contribution >= 4 is 10.0 Å². The van der Waals surface area contributed by atoms with Crippen molar-refractivity contribution < 1.29 is 17.9 Å². The summed E-state index contributed by atoms with van der Waals surface area (Å²) in [6, 6.07) is 12.1. The van der Waals surface area contributed by atoms with E-state index in [1.165, 1.54) is 10.7 Å². The first kappa shape index (κ1) is 24.5. The van der Waals surface area contributed by atoms with Gasteiger partial charge >= 0.3 is 0 Å². The molecule has 33 heavy (non-hydrogen) atoms. The molecule has 176 valence electrons. The maximum Gasteiger partial charge on any atom is 0.266 e. The molecule has 0 amide bonds. The van der Waals surface area contributed by atoms with E-state index in [4.69, 9.17) is 9.47 Å². The van der Waals surface area contributed by atoms with Gasteiger partial charge in [0.05, 0.1) is 30.9 Å². The van der Waals surface area contributed by atoms with E-state index < -0.39 is 10.0 Å². The lowest BCUT2D eigenvalue weighted by Crippen LogP contribution is -2.32. The quantitative estimate of drug-likeness (QED) is 0.514. The van der Waals surface area contributed by atoms with Crippen LogP contribution in [0.15, 0.2) is 52.2 Å². The summed E-state index contributed by atoms with van der Waals surface area (Å²) in [6.07, 6.45) is 0. The first-order chi connectivity index (χ1) is 15.7. The fourth-order valence-electron chi connectivity index (χ4n) is 3.63. The van der Waals surface area contributed by atoms with E-state index in [-0.39, 0.29) is 23.5 Å². The van der Waals surface area contributed by atoms with Crippen molar-refractivity contribution in [3.05, 3.63) is 69.5 Å². The van der Waals surface area contributed by atoms with Crippen molar-refractivity contribution in [2.45, 2.75) is 39.1 Å². The molecule has 1 heterocycles. The van der Waals surface area contributed by atoms with Crippen LogP contribution in [0.5, 0.6) is 11.5 Å². The van der Waals surface area contributed by atoms with Crippen LogP contribution in [0.3, 0.4) is 0 Å². The molecule has 0 spiro atoms. The van der Waals surface area contributed by atoms with E-state index in [1.807, 2.05) is 38.1 Å². The van der Waals surface area contributed by atoms with E-state index in [1.54, 1.807) is 33.1 Å². The standard InChI is InChI=1S/C24H29N3O5S/c1-6-32-20-9-7-19(8-10-20)21-11-12-23(28)27(26-21)14-13-25-33(29,30)22-15-16(2)24(31-5)18(4)17(22)3/h7-12,15,25H,6,13-14H2,1-5H3. The van der Waals surface area contributed by atoms with E-state index in [2.05, 4.69) is 9.82 Å². The number of aryl methyl sites for hydroxylation is 1. The van der Waals surface area contributed by atoms with Crippen LogP contribution in [0.2, 0.25) is 0 Å². The highest BCUT2D eigenvalue weighted by Gasteiger charge is 2.21. The van der Waals surface area contributed by atoms with Crippen LogP contribution in [-0.4, -0.2) is 38.5 Å². The highest BCUT2D eigenvalue weighted by Crippen LogP contribution is 2.30. The summed E-state index contributed by atoms with van der Waals surface area (Å²) in [7, 11) is -2.22.